The maximum Gasteiger partial charge on any atom is 0.228 e. The van der Waals surface area contributed by atoms with Crippen LogP contribution in [0.4, 0.5) is 0 Å². The van der Waals surface area contributed by atoms with Gasteiger partial charge in [-0.25, -0.2) is 0 Å². The van der Waals surface area contributed by atoms with Crippen LogP contribution in [-0.2, 0) is 13.0 Å². The van der Waals surface area contributed by atoms with Crippen molar-refractivity contribution in [2.75, 3.05) is 34.4 Å². The lowest BCUT2D eigenvalue weighted by Crippen LogP contribution is -2.38. The highest BCUT2D eigenvalue weighted by Crippen LogP contribution is 2.25. The van der Waals surface area contributed by atoms with Crippen LogP contribution in [0.15, 0.2) is 27.7 Å². The Morgan fingerprint density at radius 2 is 2.07 bits per heavy atom. The summed E-state index contributed by atoms with van der Waals surface area (Å²) in [7, 11) is 5.29. The van der Waals surface area contributed by atoms with E-state index in [4.69, 9.17) is 14.0 Å². The number of hydrogen-bond donors (Lipinski definition) is 1. The molecule has 2 rings (SSSR count). The first-order valence-electron chi connectivity index (χ1n) is 8.56. The monoisotopic (exact) mass is 489 g/mol. The summed E-state index contributed by atoms with van der Waals surface area (Å²) in [6.45, 7) is 5.84. The van der Waals surface area contributed by atoms with Gasteiger partial charge in [-0.2, -0.15) is 4.98 Å². The van der Waals surface area contributed by atoms with Crippen LogP contribution in [0.5, 0.6) is 11.5 Å². The third-order valence-electron chi connectivity index (χ3n) is 3.76. The first-order valence-corrected chi connectivity index (χ1v) is 8.56. The number of ether oxygens (including phenoxy) is 2. The Labute approximate surface area is 177 Å². The zero-order chi connectivity index (χ0) is 18.9. The average Bonchev–Trinajstić information content (AvgIpc) is 3.06. The number of aryl methyl sites for hydroxylation is 1. The molecule has 1 N–H and O–H groups in total. The largest absolute Gasteiger partial charge is 0.497 e. The molecule has 1 heterocycles. The molecular weight excluding hydrogens is 461 g/mol. The predicted octanol–water partition coefficient (Wildman–Crippen LogP) is 2.65. The van der Waals surface area contributed by atoms with Gasteiger partial charge in [-0.1, -0.05) is 5.16 Å². The Kier molecular flexibility index (Phi) is 9.90. The fourth-order valence-corrected chi connectivity index (χ4v) is 2.48. The van der Waals surface area contributed by atoms with Gasteiger partial charge in [0.15, 0.2) is 11.8 Å². The van der Waals surface area contributed by atoms with Crippen molar-refractivity contribution in [2.45, 2.75) is 26.8 Å². The van der Waals surface area contributed by atoms with Crippen molar-refractivity contribution in [1.29, 1.82) is 0 Å². The zero-order valence-corrected chi connectivity index (χ0v) is 18.8. The normalized spacial score (nSPS) is 10.9. The van der Waals surface area contributed by atoms with E-state index in [1.54, 1.807) is 21.1 Å². The van der Waals surface area contributed by atoms with Gasteiger partial charge in [0.1, 0.15) is 11.5 Å². The molecule has 9 heteroatoms. The number of nitrogens with zero attached hydrogens (tertiary/aromatic N) is 4. The number of aromatic nitrogens is 2. The second kappa shape index (κ2) is 11.6. The highest BCUT2D eigenvalue weighted by molar-refractivity contribution is 14.0. The molecule has 27 heavy (non-hydrogen) atoms. The summed E-state index contributed by atoms with van der Waals surface area (Å²) in [4.78, 5) is 10.9. The first kappa shape index (κ1) is 23.0. The van der Waals surface area contributed by atoms with Crippen LogP contribution in [0.3, 0.4) is 0 Å². The minimum absolute atomic E-state index is 0. The number of hydrogen-bond acceptors (Lipinski definition) is 6. The van der Waals surface area contributed by atoms with E-state index in [1.807, 2.05) is 37.1 Å². The highest BCUT2D eigenvalue weighted by Gasteiger charge is 2.11. The molecule has 0 aliphatic carbocycles. The molecule has 1 aromatic heterocycles. The summed E-state index contributed by atoms with van der Waals surface area (Å²) < 4.78 is 15.8. The molecule has 0 amide bonds. The van der Waals surface area contributed by atoms with Crippen LogP contribution in [0.2, 0.25) is 0 Å². The number of nitrogens with one attached hydrogen (secondary N) is 1. The van der Waals surface area contributed by atoms with Crippen molar-refractivity contribution in [3.63, 3.8) is 0 Å². The standard InChI is InChI=1S/C18H27N5O3.HI/c1-6-19-18(20-10-9-17-21-13(2)22-26-17)23(3)12-14-7-8-15(24-4)11-16(14)25-5;/h7-8,11H,6,9-10,12H2,1-5H3,(H,19,20);1H. The maximum atomic E-state index is 5.48. The van der Waals surface area contributed by atoms with Crippen LogP contribution >= 0.6 is 24.0 Å². The molecule has 0 aliphatic rings. The topological polar surface area (TPSA) is 85.0 Å². The van der Waals surface area contributed by atoms with Gasteiger partial charge in [-0.15, -0.1) is 24.0 Å². The highest BCUT2D eigenvalue weighted by atomic mass is 127. The molecule has 2 aromatic rings. The van der Waals surface area contributed by atoms with Crippen LogP contribution in [0.25, 0.3) is 0 Å². The van der Waals surface area contributed by atoms with Gasteiger partial charge in [-0.3, -0.25) is 4.99 Å². The van der Waals surface area contributed by atoms with Gasteiger partial charge in [0.2, 0.25) is 5.89 Å². The summed E-state index contributed by atoms with van der Waals surface area (Å²) in [5.41, 5.74) is 1.05. The van der Waals surface area contributed by atoms with E-state index in [2.05, 4.69) is 20.4 Å². The molecule has 150 valence electrons. The van der Waals surface area contributed by atoms with Gasteiger partial charge < -0.3 is 24.2 Å². The molecule has 0 spiro atoms. The summed E-state index contributed by atoms with van der Waals surface area (Å²) in [5, 5.41) is 7.09. The molecule has 0 aliphatic heterocycles. The summed E-state index contributed by atoms with van der Waals surface area (Å²) in [5.74, 6) is 3.60. The molecule has 0 saturated heterocycles. The van der Waals surface area contributed by atoms with E-state index in [-0.39, 0.29) is 24.0 Å². The number of benzene rings is 1. The third-order valence-corrected chi connectivity index (χ3v) is 3.76. The van der Waals surface area contributed by atoms with E-state index in [0.29, 0.717) is 31.2 Å². The van der Waals surface area contributed by atoms with Crippen LogP contribution in [-0.4, -0.2) is 55.4 Å². The Hall–Kier alpha value is -2.04. The van der Waals surface area contributed by atoms with Gasteiger partial charge in [0, 0.05) is 38.2 Å². The number of methoxy groups -OCH3 is 2. The van der Waals surface area contributed by atoms with Crippen LogP contribution in [0, 0.1) is 6.92 Å². The minimum atomic E-state index is 0. The van der Waals surface area contributed by atoms with Crippen molar-refractivity contribution in [3.05, 3.63) is 35.5 Å². The quantitative estimate of drug-likeness (QED) is 0.347. The molecule has 1 aromatic carbocycles. The van der Waals surface area contributed by atoms with Gasteiger partial charge in [-0.05, 0) is 26.0 Å². The van der Waals surface area contributed by atoms with E-state index in [0.717, 1.165) is 29.6 Å². The second-order valence-corrected chi connectivity index (χ2v) is 5.75. The van der Waals surface area contributed by atoms with E-state index in [1.165, 1.54) is 0 Å². The smallest absolute Gasteiger partial charge is 0.228 e. The predicted molar refractivity (Wildman–Crippen MR) is 115 cm³/mol. The van der Waals surface area contributed by atoms with Crippen LogP contribution in [0.1, 0.15) is 24.2 Å². The lowest BCUT2D eigenvalue weighted by Gasteiger charge is -2.23. The molecule has 0 unspecified atom stereocenters. The molecule has 0 atom stereocenters. The molecule has 0 radical (unpaired) electrons. The van der Waals surface area contributed by atoms with Gasteiger partial charge in [0.05, 0.1) is 20.8 Å². The fourth-order valence-electron chi connectivity index (χ4n) is 2.48. The number of halogens is 1. The van der Waals surface area contributed by atoms with E-state index >= 15 is 0 Å². The summed E-state index contributed by atoms with van der Waals surface area (Å²) in [6, 6.07) is 5.80. The first-order chi connectivity index (χ1) is 12.6. The molecule has 0 bridgehead atoms. The maximum absolute atomic E-state index is 5.48. The SMILES string of the molecule is CCNC(=NCCc1nc(C)no1)N(C)Cc1ccc(OC)cc1OC.I. The Bertz CT molecular complexity index is 736. The zero-order valence-electron chi connectivity index (χ0n) is 16.5. The summed E-state index contributed by atoms with van der Waals surface area (Å²) in [6.07, 6.45) is 0.607. The molecule has 0 fully saturated rings. The fraction of sp³-hybridized carbons (Fsp3) is 0.500. The second-order valence-electron chi connectivity index (χ2n) is 5.75. The van der Waals surface area contributed by atoms with Crippen molar-refractivity contribution in [1.82, 2.24) is 20.4 Å². The van der Waals surface area contributed by atoms with Gasteiger partial charge in [0.25, 0.3) is 0 Å². The Balaban J connectivity index is 0.00000364. The van der Waals surface area contributed by atoms with Crippen molar-refractivity contribution in [3.8, 4) is 11.5 Å². The van der Waals surface area contributed by atoms with Crippen LogP contribution < -0.4 is 14.8 Å². The third kappa shape index (κ3) is 6.89. The number of aliphatic imine (C=N–C) groups is 1. The van der Waals surface area contributed by atoms with E-state index in [9.17, 15) is 0 Å². The van der Waals surface area contributed by atoms with Crippen molar-refractivity contribution in [2.24, 2.45) is 4.99 Å². The Morgan fingerprint density at radius 1 is 1.30 bits per heavy atom. The molecular formula is C18H28IN5O3. The minimum Gasteiger partial charge on any atom is -0.497 e. The van der Waals surface area contributed by atoms with Crippen molar-refractivity contribution >= 4 is 29.9 Å². The van der Waals surface area contributed by atoms with Gasteiger partial charge >= 0.3 is 0 Å². The lowest BCUT2D eigenvalue weighted by atomic mass is 10.2. The molecule has 0 saturated carbocycles. The number of rotatable bonds is 8. The van der Waals surface area contributed by atoms with Crippen molar-refractivity contribution < 1.29 is 14.0 Å². The molecule has 8 nitrogen and oxygen atoms in total. The lowest BCUT2D eigenvalue weighted by molar-refractivity contribution is 0.375. The number of guanidine groups is 1. The average molecular weight is 489 g/mol. The Morgan fingerprint density at radius 3 is 2.67 bits per heavy atom. The van der Waals surface area contributed by atoms with E-state index < -0.39 is 0 Å². The summed E-state index contributed by atoms with van der Waals surface area (Å²) >= 11 is 0.